The number of halogens is 1. The molecule has 0 bridgehead atoms. The van der Waals surface area contributed by atoms with E-state index in [0.29, 0.717) is 0 Å². The summed E-state index contributed by atoms with van der Waals surface area (Å²) in [5.41, 5.74) is 0.757. The molecule has 3 rings (SSSR count). The lowest BCUT2D eigenvalue weighted by Gasteiger charge is -2.27. The summed E-state index contributed by atoms with van der Waals surface area (Å²) in [6.45, 7) is 3.83. The van der Waals surface area contributed by atoms with Crippen molar-refractivity contribution in [3.05, 3.63) is 78.1 Å². The van der Waals surface area contributed by atoms with E-state index in [1.165, 1.54) is 23.1 Å². The second-order valence-corrected chi connectivity index (χ2v) is 9.39. The van der Waals surface area contributed by atoms with Gasteiger partial charge in [-0.3, -0.25) is 4.79 Å². The third-order valence-corrected chi connectivity index (χ3v) is 6.39. The van der Waals surface area contributed by atoms with Crippen LogP contribution in [-0.2, 0) is 21.4 Å². The van der Waals surface area contributed by atoms with Gasteiger partial charge in [0.15, 0.2) is 0 Å². The van der Waals surface area contributed by atoms with Gasteiger partial charge in [0.1, 0.15) is 11.9 Å². The number of sulfonamides is 1. The highest BCUT2D eigenvalue weighted by Crippen LogP contribution is 2.20. The van der Waals surface area contributed by atoms with Crippen molar-refractivity contribution in [3.8, 4) is 0 Å². The zero-order valence-electron chi connectivity index (χ0n) is 17.2. The predicted molar refractivity (Wildman–Crippen MR) is 116 cm³/mol. The van der Waals surface area contributed by atoms with Crippen LogP contribution in [0.2, 0.25) is 0 Å². The molecule has 7 heteroatoms. The average Bonchev–Trinajstić information content (AvgIpc) is 2.72. The van der Waals surface area contributed by atoms with Crippen LogP contribution in [0.4, 0.5) is 4.39 Å². The number of hydrogen-bond acceptors (Lipinski definition) is 3. The monoisotopic (exact) mass is 428 g/mol. The molecule has 30 heavy (non-hydrogen) atoms. The Morgan fingerprint density at radius 1 is 1.00 bits per heavy atom. The minimum atomic E-state index is -3.90. The van der Waals surface area contributed by atoms with Crippen molar-refractivity contribution in [1.82, 2.24) is 9.62 Å². The minimum Gasteiger partial charge on any atom is -0.340 e. The molecule has 1 N–H and O–H groups in total. The van der Waals surface area contributed by atoms with Crippen LogP contribution in [-0.4, -0.2) is 32.3 Å². The Bertz CT molecular complexity index is 1140. The molecule has 3 aromatic rings. The van der Waals surface area contributed by atoms with E-state index in [4.69, 9.17) is 0 Å². The van der Waals surface area contributed by atoms with E-state index in [2.05, 4.69) is 4.72 Å². The normalized spacial score (nSPS) is 12.8. The molecule has 3 aromatic carbocycles. The Balaban J connectivity index is 1.80. The second-order valence-electron chi connectivity index (χ2n) is 7.67. The van der Waals surface area contributed by atoms with Crippen LogP contribution in [0.25, 0.3) is 10.8 Å². The molecular weight excluding hydrogens is 403 g/mol. The van der Waals surface area contributed by atoms with Gasteiger partial charge in [-0.2, -0.15) is 4.72 Å². The van der Waals surface area contributed by atoms with Crippen molar-refractivity contribution >= 4 is 26.7 Å². The highest BCUT2D eigenvalue weighted by Gasteiger charge is 2.30. The van der Waals surface area contributed by atoms with Crippen LogP contribution >= 0.6 is 0 Å². The summed E-state index contributed by atoms with van der Waals surface area (Å²) in [6.07, 6.45) is 0. The van der Waals surface area contributed by atoms with Gasteiger partial charge in [-0.05, 0) is 46.5 Å². The molecule has 158 valence electrons. The third kappa shape index (κ3) is 5.04. The minimum absolute atomic E-state index is 0.112. The number of carbonyl (C=O) groups excluding carboxylic acids is 1. The average molecular weight is 429 g/mol. The molecule has 0 radical (unpaired) electrons. The molecule has 0 saturated heterocycles. The van der Waals surface area contributed by atoms with Crippen LogP contribution in [0, 0.1) is 11.7 Å². The fourth-order valence-corrected chi connectivity index (χ4v) is 4.59. The Morgan fingerprint density at radius 3 is 2.27 bits per heavy atom. The maximum absolute atomic E-state index is 13.1. The van der Waals surface area contributed by atoms with Gasteiger partial charge in [0, 0.05) is 13.6 Å². The number of fused-ring (bicyclic) bond motifs is 1. The van der Waals surface area contributed by atoms with Gasteiger partial charge >= 0.3 is 0 Å². The first-order chi connectivity index (χ1) is 14.2. The molecule has 0 fully saturated rings. The van der Waals surface area contributed by atoms with Crippen LogP contribution in [0.3, 0.4) is 0 Å². The van der Waals surface area contributed by atoms with E-state index in [0.717, 1.165) is 16.3 Å². The van der Waals surface area contributed by atoms with Crippen molar-refractivity contribution in [2.75, 3.05) is 7.05 Å². The van der Waals surface area contributed by atoms with Gasteiger partial charge in [0.25, 0.3) is 0 Å². The molecule has 1 atom stereocenters. The molecule has 0 heterocycles. The molecule has 0 spiro atoms. The summed E-state index contributed by atoms with van der Waals surface area (Å²) in [5.74, 6) is -0.960. The number of benzene rings is 3. The van der Waals surface area contributed by atoms with Crippen molar-refractivity contribution in [3.63, 3.8) is 0 Å². The highest BCUT2D eigenvalue weighted by atomic mass is 32.2. The molecule has 0 aromatic heterocycles. The highest BCUT2D eigenvalue weighted by molar-refractivity contribution is 7.89. The van der Waals surface area contributed by atoms with E-state index >= 15 is 0 Å². The molecule has 0 aliphatic rings. The fourth-order valence-electron chi connectivity index (χ4n) is 3.22. The largest absolute Gasteiger partial charge is 0.340 e. The van der Waals surface area contributed by atoms with Gasteiger partial charge in [-0.15, -0.1) is 0 Å². The lowest BCUT2D eigenvalue weighted by Crippen LogP contribution is -2.49. The first-order valence-corrected chi connectivity index (χ1v) is 11.2. The third-order valence-electron chi connectivity index (χ3n) is 4.96. The first kappa shape index (κ1) is 21.9. The van der Waals surface area contributed by atoms with Crippen LogP contribution in [0.15, 0.2) is 71.6 Å². The molecular formula is C23H25FN2O3S. The molecule has 1 amide bonds. The van der Waals surface area contributed by atoms with Gasteiger partial charge in [-0.1, -0.05) is 56.3 Å². The summed E-state index contributed by atoms with van der Waals surface area (Å²) in [7, 11) is -2.30. The van der Waals surface area contributed by atoms with E-state index in [-0.39, 0.29) is 29.1 Å². The Labute approximate surface area is 176 Å². The fraction of sp³-hybridized carbons (Fsp3) is 0.261. The molecule has 0 aliphatic heterocycles. The number of likely N-dealkylation sites (N-methyl/N-ethyl adjacent to an activating group) is 1. The standard InChI is InChI=1S/C23H25FN2O3S/c1-16(2)22(23(27)26(3)15-17-8-11-20(24)12-9-17)25-30(28,29)21-13-10-18-6-4-5-7-19(18)14-21/h4-14,16,22,25H,15H2,1-3H3. The molecule has 1 unspecified atom stereocenters. The van der Waals surface area contributed by atoms with Crippen molar-refractivity contribution in [1.29, 1.82) is 0 Å². The topological polar surface area (TPSA) is 66.5 Å². The number of nitrogens with zero attached hydrogens (tertiary/aromatic N) is 1. The summed E-state index contributed by atoms with van der Waals surface area (Å²) in [6, 6.07) is 17.3. The smallest absolute Gasteiger partial charge is 0.241 e. The van der Waals surface area contributed by atoms with E-state index in [1.807, 2.05) is 24.3 Å². The van der Waals surface area contributed by atoms with E-state index < -0.39 is 16.1 Å². The summed E-state index contributed by atoms with van der Waals surface area (Å²) >= 11 is 0. The Hall–Kier alpha value is -2.77. The predicted octanol–water partition coefficient (Wildman–Crippen LogP) is 3.94. The van der Waals surface area contributed by atoms with Crippen LogP contribution < -0.4 is 4.72 Å². The Kier molecular flexibility index (Phi) is 6.53. The summed E-state index contributed by atoms with van der Waals surface area (Å²) < 4.78 is 41.7. The Morgan fingerprint density at radius 2 is 1.63 bits per heavy atom. The van der Waals surface area contributed by atoms with Crippen molar-refractivity contribution in [2.45, 2.75) is 31.3 Å². The first-order valence-electron chi connectivity index (χ1n) is 9.68. The second kappa shape index (κ2) is 8.93. The maximum Gasteiger partial charge on any atom is 0.241 e. The zero-order valence-corrected chi connectivity index (χ0v) is 18.0. The molecule has 5 nitrogen and oxygen atoms in total. The lowest BCUT2D eigenvalue weighted by atomic mass is 10.0. The zero-order chi connectivity index (χ0) is 21.9. The summed E-state index contributed by atoms with van der Waals surface area (Å²) in [5, 5.41) is 1.74. The maximum atomic E-state index is 13.1. The van der Waals surface area contributed by atoms with Crippen molar-refractivity contribution in [2.24, 2.45) is 5.92 Å². The number of amides is 1. The van der Waals surface area contributed by atoms with Gasteiger partial charge < -0.3 is 4.90 Å². The quantitative estimate of drug-likeness (QED) is 0.620. The lowest BCUT2D eigenvalue weighted by molar-refractivity contribution is -0.133. The van der Waals surface area contributed by atoms with Gasteiger partial charge in [0.2, 0.25) is 15.9 Å². The van der Waals surface area contributed by atoms with Crippen molar-refractivity contribution < 1.29 is 17.6 Å². The number of nitrogens with one attached hydrogen (secondary N) is 1. The molecule has 0 saturated carbocycles. The number of rotatable bonds is 7. The number of hydrogen-bond donors (Lipinski definition) is 1. The molecule has 0 aliphatic carbocycles. The van der Waals surface area contributed by atoms with Crippen LogP contribution in [0.5, 0.6) is 0 Å². The summed E-state index contributed by atoms with van der Waals surface area (Å²) in [4.78, 5) is 14.6. The number of carbonyl (C=O) groups is 1. The van der Waals surface area contributed by atoms with E-state index in [1.54, 1.807) is 45.2 Å². The van der Waals surface area contributed by atoms with E-state index in [9.17, 15) is 17.6 Å². The van der Waals surface area contributed by atoms with Gasteiger partial charge in [0.05, 0.1) is 4.90 Å². The van der Waals surface area contributed by atoms with Gasteiger partial charge in [-0.25, -0.2) is 12.8 Å². The van der Waals surface area contributed by atoms with Crippen LogP contribution in [0.1, 0.15) is 19.4 Å². The SMILES string of the molecule is CC(C)C(NS(=O)(=O)c1ccc2ccccc2c1)C(=O)N(C)Cc1ccc(F)cc1.